The second-order valence-corrected chi connectivity index (χ2v) is 11.2. The molecule has 2 aromatic rings. The second-order valence-electron chi connectivity index (χ2n) is 11.2. The Hall–Kier alpha value is -2.35. The molecule has 5 aliphatic rings. The van der Waals surface area contributed by atoms with Gasteiger partial charge in [0.1, 0.15) is 12.0 Å². The molecule has 2 heterocycles. The molecule has 1 aliphatic heterocycles. The van der Waals surface area contributed by atoms with Gasteiger partial charge in [0.15, 0.2) is 0 Å². The van der Waals surface area contributed by atoms with Crippen LogP contribution in [0.4, 0.5) is 0 Å². The van der Waals surface area contributed by atoms with Crippen molar-refractivity contribution in [3.05, 3.63) is 60.2 Å². The maximum atomic E-state index is 14.0. The lowest BCUT2D eigenvalue weighted by atomic mass is 9.52. The average Bonchev–Trinajstić information content (AvgIpc) is 2.82. The van der Waals surface area contributed by atoms with E-state index in [2.05, 4.69) is 62.1 Å². The molecule has 0 radical (unpaired) electrons. The van der Waals surface area contributed by atoms with Crippen molar-refractivity contribution in [2.45, 2.75) is 63.3 Å². The van der Waals surface area contributed by atoms with Gasteiger partial charge in [-0.05, 0) is 68.4 Å². The SMILES string of the molecule is C[C@@H]1CN(Cc2ccccc2)CCN1N(C(=O)c1ccncn1)C1C2CC3CC1CC(O)(C3)C2. The molecule has 3 atom stereocenters. The molecule has 0 spiro atoms. The summed E-state index contributed by atoms with van der Waals surface area (Å²) in [5.74, 6) is 1.30. The van der Waals surface area contributed by atoms with Crippen molar-refractivity contribution in [2.24, 2.45) is 17.8 Å². The van der Waals surface area contributed by atoms with E-state index >= 15 is 0 Å². The summed E-state index contributed by atoms with van der Waals surface area (Å²) in [7, 11) is 0. The third-order valence-electron chi connectivity index (χ3n) is 8.68. The third-order valence-corrected chi connectivity index (χ3v) is 8.68. The molecule has 5 fully saturated rings. The number of hydrogen-bond donors (Lipinski definition) is 1. The van der Waals surface area contributed by atoms with Crippen LogP contribution in [0.3, 0.4) is 0 Å². The first kappa shape index (κ1) is 22.1. The molecule has 4 bridgehead atoms. The molecular formula is C27H35N5O2. The van der Waals surface area contributed by atoms with Crippen LogP contribution in [0, 0.1) is 17.8 Å². The summed E-state index contributed by atoms with van der Waals surface area (Å²) in [6.45, 7) is 5.82. The molecule has 1 aromatic heterocycles. The second kappa shape index (κ2) is 8.70. The zero-order valence-corrected chi connectivity index (χ0v) is 20.0. The van der Waals surface area contributed by atoms with Gasteiger partial charge < -0.3 is 5.11 Å². The lowest BCUT2D eigenvalue weighted by Crippen LogP contribution is -2.69. The molecular weight excluding hydrogens is 426 g/mol. The molecule has 4 saturated carbocycles. The Labute approximate surface area is 201 Å². The molecule has 1 aromatic carbocycles. The topological polar surface area (TPSA) is 72.8 Å². The Morgan fingerprint density at radius 3 is 2.53 bits per heavy atom. The summed E-state index contributed by atoms with van der Waals surface area (Å²) in [5.41, 5.74) is 1.27. The number of carbonyl (C=O) groups excluding carboxylic acids is 1. The van der Waals surface area contributed by atoms with Gasteiger partial charge >= 0.3 is 0 Å². The number of aromatic nitrogens is 2. The van der Waals surface area contributed by atoms with Crippen molar-refractivity contribution in [3.8, 4) is 0 Å². The minimum Gasteiger partial charge on any atom is -0.390 e. The van der Waals surface area contributed by atoms with E-state index < -0.39 is 5.60 Å². The number of hydrogen-bond acceptors (Lipinski definition) is 6. The number of amides is 1. The maximum Gasteiger partial charge on any atom is 0.287 e. The van der Waals surface area contributed by atoms with Crippen LogP contribution in [0.2, 0.25) is 0 Å². The van der Waals surface area contributed by atoms with E-state index in [9.17, 15) is 9.90 Å². The number of aliphatic hydroxyl groups is 1. The predicted molar refractivity (Wildman–Crippen MR) is 128 cm³/mol. The van der Waals surface area contributed by atoms with Crippen LogP contribution >= 0.6 is 0 Å². The predicted octanol–water partition coefficient (Wildman–Crippen LogP) is 2.98. The summed E-state index contributed by atoms with van der Waals surface area (Å²) < 4.78 is 0. The molecule has 1 saturated heterocycles. The van der Waals surface area contributed by atoms with E-state index in [1.165, 1.54) is 11.9 Å². The smallest absolute Gasteiger partial charge is 0.287 e. The highest BCUT2D eigenvalue weighted by atomic mass is 16.3. The van der Waals surface area contributed by atoms with Crippen LogP contribution in [0.25, 0.3) is 0 Å². The van der Waals surface area contributed by atoms with E-state index in [0.717, 1.165) is 58.3 Å². The molecule has 180 valence electrons. The van der Waals surface area contributed by atoms with Crippen LogP contribution in [0.1, 0.15) is 55.1 Å². The number of nitrogens with zero attached hydrogens (tertiary/aromatic N) is 5. The van der Waals surface area contributed by atoms with Crippen molar-refractivity contribution in [2.75, 3.05) is 19.6 Å². The molecule has 1 amide bonds. The van der Waals surface area contributed by atoms with Crippen molar-refractivity contribution >= 4 is 5.91 Å². The fraction of sp³-hybridized carbons (Fsp3) is 0.593. The zero-order valence-electron chi connectivity index (χ0n) is 20.0. The number of rotatable bonds is 5. The summed E-state index contributed by atoms with van der Waals surface area (Å²) >= 11 is 0. The van der Waals surface area contributed by atoms with E-state index in [1.807, 2.05) is 0 Å². The van der Waals surface area contributed by atoms with E-state index in [4.69, 9.17) is 0 Å². The first-order valence-corrected chi connectivity index (χ1v) is 12.8. The number of hydrazine groups is 1. The van der Waals surface area contributed by atoms with E-state index in [-0.39, 0.29) is 18.0 Å². The summed E-state index contributed by atoms with van der Waals surface area (Å²) in [6.07, 6.45) is 7.95. The molecule has 34 heavy (non-hydrogen) atoms. The van der Waals surface area contributed by atoms with Crippen LogP contribution in [0.5, 0.6) is 0 Å². The molecule has 7 heteroatoms. The Morgan fingerprint density at radius 2 is 1.88 bits per heavy atom. The minimum atomic E-state index is -0.517. The summed E-state index contributed by atoms with van der Waals surface area (Å²) in [6, 6.07) is 12.7. The van der Waals surface area contributed by atoms with Gasteiger partial charge in [0.05, 0.1) is 11.6 Å². The highest BCUT2D eigenvalue weighted by Crippen LogP contribution is 2.57. The quantitative estimate of drug-likeness (QED) is 0.738. The fourth-order valence-electron chi connectivity index (χ4n) is 7.64. The lowest BCUT2D eigenvalue weighted by Gasteiger charge is -2.62. The number of piperazine rings is 1. The van der Waals surface area contributed by atoms with Crippen LogP contribution in [-0.4, -0.2) is 73.2 Å². The zero-order chi connectivity index (χ0) is 23.3. The van der Waals surface area contributed by atoms with Crippen LogP contribution in [-0.2, 0) is 6.54 Å². The van der Waals surface area contributed by atoms with Crippen molar-refractivity contribution in [1.82, 2.24) is 24.9 Å². The van der Waals surface area contributed by atoms with Crippen molar-refractivity contribution < 1.29 is 9.90 Å². The Balaban J connectivity index is 1.27. The van der Waals surface area contributed by atoms with Gasteiger partial charge in [0, 0.05) is 38.4 Å². The van der Waals surface area contributed by atoms with Crippen LogP contribution < -0.4 is 0 Å². The fourth-order valence-corrected chi connectivity index (χ4v) is 7.64. The van der Waals surface area contributed by atoms with E-state index in [1.54, 1.807) is 12.3 Å². The summed E-state index contributed by atoms with van der Waals surface area (Å²) in [4.78, 5) is 24.8. The first-order valence-electron chi connectivity index (χ1n) is 12.8. The number of carbonyl (C=O) groups is 1. The van der Waals surface area contributed by atoms with Crippen molar-refractivity contribution in [1.29, 1.82) is 0 Å². The van der Waals surface area contributed by atoms with Gasteiger partial charge in [-0.15, -0.1) is 0 Å². The molecule has 7 nitrogen and oxygen atoms in total. The van der Waals surface area contributed by atoms with Gasteiger partial charge in [-0.25, -0.2) is 15.0 Å². The monoisotopic (exact) mass is 461 g/mol. The number of benzene rings is 1. The molecule has 2 unspecified atom stereocenters. The average molecular weight is 462 g/mol. The summed E-state index contributed by atoms with van der Waals surface area (Å²) in [5, 5.41) is 15.6. The Morgan fingerprint density at radius 1 is 1.12 bits per heavy atom. The third kappa shape index (κ3) is 4.04. The van der Waals surface area contributed by atoms with Gasteiger partial charge in [-0.3, -0.25) is 14.7 Å². The molecule has 7 rings (SSSR count). The maximum absolute atomic E-state index is 14.0. The van der Waals surface area contributed by atoms with Crippen LogP contribution in [0.15, 0.2) is 48.9 Å². The van der Waals surface area contributed by atoms with Gasteiger partial charge in [-0.2, -0.15) is 0 Å². The Kier molecular flexibility index (Phi) is 5.66. The van der Waals surface area contributed by atoms with Gasteiger partial charge in [0.25, 0.3) is 5.91 Å². The minimum absolute atomic E-state index is 0.0183. The standard InChI is InChI=1S/C27H35N5O2/c1-19-16-30(17-20-5-3-2-4-6-20)9-10-31(19)32(26(33)24-7-8-28-18-29-24)25-22-11-21-12-23(25)15-27(34,13-21)14-22/h2-8,18-19,21-23,25,34H,9-17H2,1H3/t19-,21?,22?,23?,25?,27?/m1/s1. The van der Waals surface area contributed by atoms with Gasteiger partial charge in [-0.1, -0.05) is 30.3 Å². The highest BCUT2D eigenvalue weighted by Gasteiger charge is 2.58. The highest BCUT2D eigenvalue weighted by molar-refractivity contribution is 5.92. The molecule has 4 aliphatic carbocycles. The van der Waals surface area contributed by atoms with Gasteiger partial charge in [0.2, 0.25) is 0 Å². The largest absolute Gasteiger partial charge is 0.390 e. The van der Waals surface area contributed by atoms with Crippen molar-refractivity contribution in [3.63, 3.8) is 0 Å². The molecule has 1 N–H and O–H groups in total. The normalized spacial score (nSPS) is 35.4. The lowest BCUT2D eigenvalue weighted by molar-refractivity contribution is -0.194. The first-order chi connectivity index (χ1) is 16.5. The Bertz CT molecular complexity index is 1000. The van der Waals surface area contributed by atoms with E-state index in [0.29, 0.717) is 23.4 Å².